The van der Waals surface area contributed by atoms with Crippen molar-refractivity contribution in [3.63, 3.8) is 0 Å². The smallest absolute Gasteiger partial charge is 0.254 e. The van der Waals surface area contributed by atoms with E-state index in [2.05, 4.69) is 29.5 Å². The average Bonchev–Trinajstić information content (AvgIpc) is 3.30. The summed E-state index contributed by atoms with van der Waals surface area (Å²) in [7, 11) is 0. The fourth-order valence-corrected chi connectivity index (χ4v) is 3.18. The molecular formula is C19H22N4O3S. The van der Waals surface area contributed by atoms with Crippen molar-refractivity contribution in [1.29, 1.82) is 0 Å². The quantitative estimate of drug-likeness (QED) is 0.447. The Labute approximate surface area is 162 Å². The lowest BCUT2D eigenvalue weighted by molar-refractivity contribution is -0.131. The normalized spacial score (nSPS) is 11.1. The molecule has 0 fully saturated rings. The number of furan rings is 1. The van der Waals surface area contributed by atoms with Gasteiger partial charge in [-0.2, -0.15) is 0 Å². The summed E-state index contributed by atoms with van der Waals surface area (Å²) in [6.45, 7) is 5.29. The highest BCUT2D eigenvalue weighted by molar-refractivity contribution is 7.99. The Morgan fingerprint density at radius 3 is 2.74 bits per heavy atom. The number of hydroxylamine groups is 1. The number of rotatable bonds is 9. The number of carbonyl (C=O) groups excluding carboxylic acids is 1. The van der Waals surface area contributed by atoms with E-state index in [0.717, 1.165) is 12.1 Å². The molecule has 0 radical (unpaired) electrons. The van der Waals surface area contributed by atoms with Crippen molar-refractivity contribution in [3.8, 4) is 11.6 Å². The molecule has 0 saturated carbocycles. The highest BCUT2D eigenvalue weighted by atomic mass is 32.2. The molecule has 142 valence electrons. The third kappa shape index (κ3) is 5.45. The van der Waals surface area contributed by atoms with E-state index >= 15 is 0 Å². The van der Waals surface area contributed by atoms with Crippen LogP contribution in [0.25, 0.3) is 11.6 Å². The minimum Gasteiger partial charge on any atom is -0.461 e. The van der Waals surface area contributed by atoms with Crippen LogP contribution >= 0.6 is 11.8 Å². The van der Waals surface area contributed by atoms with Crippen molar-refractivity contribution in [2.75, 3.05) is 5.75 Å². The number of carbonyl (C=O) groups is 1. The molecule has 7 nitrogen and oxygen atoms in total. The van der Waals surface area contributed by atoms with Gasteiger partial charge < -0.3 is 4.42 Å². The number of hydrogen-bond donors (Lipinski definition) is 1. The summed E-state index contributed by atoms with van der Waals surface area (Å²) < 4.78 is 7.42. The monoisotopic (exact) mass is 386 g/mol. The zero-order chi connectivity index (χ0) is 19.1. The van der Waals surface area contributed by atoms with Crippen molar-refractivity contribution in [2.24, 2.45) is 5.92 Å². The molecule has 0 aliphatic carbocycles. The highest BCUT2D eigenvalue weighted by Crippen LogP contribution is 2.25. The minimum absolute atomic E-state index is 0.184. The van der Waals surface area contributed by atoms with Gasteiger partial charge in [-0.15, -0.1) is 10.2 Å². The molecule has 0 atom stereocenters. The van der Waals surface area contributed by atoms with Crippen LogP contribution in [0.3, 0.4) is 0 Å². The summed E-state index contributed by atoms with van der Waals surface area (Å²) >= 11 is 1.32. The van der Waals surface area contributed by atoms with Gasteiger partial charge in [0.05, 0.1) is 18.6 Å². The first kappa shape index (κ1) is 19.2. The van der Waals surface area contributed by atoms with Gasteiger partial charge in [-0.3, -0.25) is 14.2 Å². The van der Waals surface area contributed by atoms with Crippen LogP contribution in [0, 0.1) is 5.92 Å². The molecule has 0 unspecified atom stereocenters. The Morgan fingerprint density at radius 2 is 2.04 bits per heavy atom. The Balaban J connectivity index is 1.56. The van der Waals surface area contributed by atoms with E-state index in [1.165, 1.54) is 11.8 Å². The zero-order valence-electron chi connectivity index (χ0n) is 15.3. The largest absolute Gasteiger partial charge is 0.461 e. The van der Waals surface area contributed by atoms with Crippen molar-refractivity contribution in [3.05, 3.63) is 54.3 Å². The number of amides is 1. The SMILES string of the molecule is CC(C)Cn1c(SCC(=O)NOCc2ccccc2)nnc1-c1ccco1. The van der Waals surface area contributed by atoms with Gasteiger partial charge in [0.25, 0.3) is 5.91 Å². The number of nitrogens with one attached hydrogen (secondary N) is 1. The van der Waals surface area contributed by atoms with Crippen LogP contribution in [0.4, 0.5) is 0 Å². The molecule has 1 aromatic carbocycles. The van der Waals surface area contributed by atoms with Gasteiger partial charge in [-0.25, -0.2) is 5.48 Å². The number of thioether (sulfide) groups is 1. The highest BCUT2D eigenvalue weighted by Gasteiger charge is 2.18. The van der Waals surface area contributed by atoms with E-state index in [1.54, 1.807) is 6.26 Å². The Morgan fingerprint density at radius 1 is 1.22 bits per heavy atom. The number of benzene rings is 1. The van der Waals surface area contributed by atoms with Crippen LogP contribution in [0.2, 0.25) is 0 Å². The fourth-order valence-electron chi connectivity index (χ4n) is 2.45. The molecule has 0 aliphatic rings. The molecule has 0 bridgehead atoms. The topological polar surface area (TPSA) is 82.2 Å². The maximum atomic E-state index is 12.0. The minimum atomic E-state index is -0.227. The standard InChI is InChI=1S/C19H22N4O3S/c1-14(2)11-23-18(16-9-6-10-25-16)20-21-19(23)27-13-17(24)22-26-12-15-7-4-3-5-8-15/h3-10,14H,11-13H2,1-2H3,(H,22,24). The fraction of sp³-hybridized carbons (Fsp3) is 0.316. The lowest BCUT2D eigenvalue weighted by atomic mass is 10.2. The average molecular weight is 386 g/mol. The van der Waals surface area contributed by atoms with Crippen LogP contribution in [0.1, 0.15) is 19.4 Å². The van der Waals surface area contributed by atoms with Crippen LogP contribution in [0.5, 0.6) is 0 Å². The first-order valence-electron chi connectivity index (χ1n) is 8.68. The van der Waals surface area contributed by atoms with Crippen molar-refractivity contribution >= 4 is 17.7 Å². The van der Waals surface area contributed by atoms with E-state index in [9.17, 15) is 4.79 Å². The van der Waals surface area contributed by atoms with E-state index in [-0.39, 0.29) is 11.7 Å². The number of hydrogen-bond acceptors (Lipinski definition) is 6. The molecule has 3 rings (SSSR count). The summed E-state index contributed by atoms with van der Waals surface area (Å²) in [6, 6.07) is 13.3. The van der Waals surface area contributed by atoms with Crippen LogP contribution in [-0.2, 0) is 22.8 Å². The molecule has 0 aliphatic heterocycles. The third-order valence-electron chi connectivity index (χ3n) is 3.61. The van der Waals surface area contributed by atoms with Crippen LogP contribution in [0.15, 0.2) is 58.3 Å². The molecule has 1 amide bonds. The molecule has 0 spiro atoms. The lowest BCUT2D eigenvalue weighted by Crippen LogP contribution is -2.25. The van der Waals surface area contributed by atoms with Gasteiger partial charge in [0.2, 0.25) is 0 Å². The molecule has 27 heavy (non-hydrogen) atoms. The Kier molecular flexibility index (Phi) is 6.67. The first-order chi connectivity index (χ1) is 13.1. The second kappa shape index (κ2) is 9.38. The maximum Gasteiger partial charge on any atom is 0.254 e. The summed E-state index contributed by atoms with van der Waals surface area (Å²) in [5.41, 5.74) is 3.45. The van der Waals surface area contributed by atoms with E-state index in [4.69, 9.17) is 9.25 Å². The van der Waals surface area contributed by atoms with Crippen molar-refractivity contribution in [1.82, 2.24) is 20.2 Å². The third-order valence-corrected chi connectivity index (χ3v) is 4.57. The first-order valence-corrected chi connectivity index (χ1v) is 9.66. The van der Waals surface area contributed by atoms with E-state index < -0.39 is 0 Å². The summed E-state index contributed by atoms with van der Waals surface area (Å²) in [5, 5.41) is 9.12. The maximum absolute atomic E-state index is 12.0. The molecule has 3 aromatic rings. The van der Waals surface area contributed by atoms with Gasteiger partial charge in [0, 0.05) is 6.54 Å². The predicted molar refractivity (Wildman–Crippen MR) is 103 cm³/mol. The Hall–Kier alpha value is -2.58. The molecule has 8 heteroatoms. The van der Waals surface area contributed by atoms with E-state index in [0.29, 0.717) is 29.3 Å². The zero-order valence-corrected chi connectivity index (χ0v) is 16.1. The van der Waals surface area contributed by atoms with E-state index in [1.807, 2.05) is 47.0 Å². The number of aromatic nitrogens is 3. The van der Waals surface area contributed by atoms with Gasteiger partial charge >= 0.3 is 0 Å². The lowest BCUT2D eigenvalue weighted by Gasteiger charge is -2.11. The van der Waals surface area contributed by atoms with Crippen LogP contribution in [-0.4, -0.2) is 26.4 Å². The van der Waals surface area contributed by atoms with Gasteiger partial charge in [-0.05, 0) is 23.6 Å². The summed E-state index contributed by atoms with van der Waals surface area (Å²) in [5.74, 6) is 1.68. The molecule has 1 N–H and O–H groups in total. The summed E-state index contributed by atoms with van der Waals surface area (Å²) in [4.78, 5) is 17.3. The Bertz CT molecular complexity index is 847. The molecule has 2 aromatic heterocycles. The van der Waals surface area contributed by atoms with Gasteiger partial charge in [-0.1, -0.05) is 55.9 Å². The second-order valence-corrected chi connectivity index (χ2v) is 7.32. The number of nitrogens with zero attached hydrogens (tertiary/aromatic N) is 3. The van der Waals surface area contributed by atoms with Gasteiger partial charge in [0.15, 0.2) is 16.7 Å². The summed E-state index contributed by atoms with van der Waals surface area (Å²) in [6.07, 6.45) is 1.61. The predicted octanol–water partition coefficient (Wildman–Crippen LogP) is 3.53. The molecule has 0 saturated heterocycles. The molecular weight excluding hydrogens is 364 g/mol. The van der Waals surface area contributed by atoms with Crippen molar-refractivity contribution < 1.29 is 14.0 Å². The van der Waals surface area contributed by atoms with Gasteiger partial charge in [0.1, 0.15) is 0 Å². The second-order valence-electron chi connectivity index (χ2n) is 6.38. The van der Waals surface area contributed by atoms with Crippen molar-refractivity contribution in [2.45, 2.75) is 32.2 Å². The molecule has 2 heterocycles. The van der Waals surface area contributed by atoms with Crippen LogP contribution < -0.4 is 5.48 Å².